The molecule has 2 aliphatic rings. The number of nitrogens with one attached hydrogen (secondary N) is 2. The minimum absolute atomic E-state index is 0.0690. The number of hydrogen-bond donors (Lipinski definition) is 2. The zero-order chi connectivity index (χ0) is 17.7. The van der Waals surface area contributed by atoms with Crippen molar-refractivity contribution >= 4 is 17.5 Å². The number of piperidine rings is 1. The zero-order valence-electron chi connectivity index (χ0n) is 14.5. The smallest absolute Gasteiger partial charge is 0.228 e. The minimum Gasteiger partial charge on any atom is -0.486 e. The molecule has 3 rings (SSSR count). The van der Waals surface area contributed by atoms with E-state index in [4.69, 9.17) is 25.8 Å². The number of amides is 1. The molecule has 25 heavy (non-hydrogen) atoms. The first-order valence-electron chi connectivity index (χ1n) is 8.71. The molecule has 0 radical (unpaired) electrons. The summed E-state index contributed by atoms with van der Waals surface area (Å²) in [7, 11) is 1.65. The van der Waals surface area contributed by atoms with Gasteiger partial charge in [-0.25, -0.2) is 0 Å². The van der Waals surface area contributed by atoms with Crippen LogP contribution >= 0.6 is 11.6 Å². The van der Waals surface area contributed by atoms with Crippen LogP contribution in [0.3, 0.4) is 0 Å². The highest BCUT2D eigenvalue weighted by Gasteiger charge is 2.39. The predicted molar refractivity (Wildman–Crippen MR) is 95.6 cm³/mol. The topological polar surface area (TPSA) is 68.8 Å². The Balaban J connectivity index is 1.58. The molecular formula is C18H25ClN2O4. The molecule has 0 unspecified atom stereocenters. The van der Waals surface area contributed by atoms with Gasteiger partial charge in [-0.05, 0) is 50.0 Å². The second kappa shape index (κ2) is 8.25. The third-order valence-corrected chi connectivity index (χ3v) is 5.10. The average molecular weight is 369 g/mol. The Morgan fingerprint density at radius 3 is 2.84 bits per heavy atom. The number of fused-ring (bicyclic) bond motifs is 1. The summed E-state index contributed by atoms with van der Waals surface area (Å²) in [5, 5.41) is 6.91. The minimum atomic E-state index is -0.426. The molecule has 1 saturated heterocycles. The molecule has 0 saturated carbocycles. The standard InChI is InChI=1S/C18H25ClN2O4/c1-23-12-18(3-6-20-7-4-18)17(22)21-5-2-13-10-14(19)16-15(11-13)24-8-9-25-16/h10-11,20H,2-9,12H2,1H3,(H,21,22). The molecular weight excluding hydrogens is 344 g/mol. The summed E-state index contributed by atoms with van der Waals surface area (Å²) in [5.41, 5.74) is 0.588. The fourth-order valence-electron chi connectivity index (χ4n) is 3.44. The molecule has 2 aliphatic heterocycles. The van der Waals surface area contributed by atoms with E-state index in [1.165, 1.54) is 0 Å². The number of methoxy groups -OCH3 is 1. The first-order chi connectivity index (χ1) is 12.1. The second-order valence-electron chi connectivity index (χ2n) is 6.57. The van der Waals surface area contributed by atoms with Crippen LogP contribution in [0.25, 0.3) is 0 Å². The lowest BCUT2D eigenvalue weighted by atomic mass is 9.78. The molecule has 1 aromatic rings. The average Bonchev–Trinajstić information content (AvgIpc) is 2.63. The molecule has 2 heterocycles. The van der Waals surface area contributed by atoms with Gasteiger partial charge < -0.3 is 24.8 Å². The molecule has 7 heteroatoms. The molecule has 0 aliphatic carbocycles. The summed E-state index contributed by atoms with van der Waals surface area (Å²) in [5.74, 6) is 1.35. The summed E-state index contributed by atoms with van der Waals surface area (Å²) < 4.78 is 16.4. The molecule has 0 spiro atoms. The summed E-state index contributed by atoms with van der Waals surface area (Å²) in [6, 6.07) is 3.80. The van der Waals surface area contributed by atoms with Gasteiger partial charge in [-0.3, -0.25) is 4.79 Å². The van der Waals surface area contributed by atoms with Crippen molar-refractivity contribution in [3.63, 3.8) is 0 Å². The van der Waals surface area contributed by atoms with Gasteiger partial charge in [0, 0.05) is 13.7 Å². The third kappa shape index (κ3) is 4.19. The molecule has 0 aromatic heterocycles. The Bertz CT molecular complexity index is 612. The lowest BCUT2D eigenvalue weighted by Crippen LogP contribution is -2.50. The number of hydrogen-bond acceptors (Lipinski definition) is 5. The summed E-state index contributed by atoms with van der Waals surface area (Å²) in [6.45, 7) is 3.73. The van der Waals surface area contributed by atoms with Crippen LogP contribution in [0.15, 0.2) is 12.1 Å². The maximum absolute atomic E-state index is 12.7. The first-order valence-corrected chi connectivity index (χ1v) is 9.08. The monoisotopic (exact) mass is 368 g/mol. The SMILES string of the molecule is COCC1(C(=O)NCCc2cc(Cl)c3c(c2)OCCO3)CCNCC1. The normalized spacial score (nSPS) is 18.6. The van der Waals surface area contributed by atoms with Crippen LogP contribution in [0, 0.1) is 5.41 Å². The van der Waals surface area contributed by atoms with Gasteiger partial charge in [-0.15, -0.1) is 0 Å². The van der Waals surface area contributed by atoms with Gasteiger partial charge in [0.1, 0.15) is 13.2 Å². The molecule has 1 fully saturated rings. The van der Waals surface area contributed by atoms with E-state index in [1.54, 1.807) is 7.11 Å². The number of halogens is 1. The number of ether oxygens (including phenoxy) is 3. The van der Waals surface area contributed by atoms with E-state index in [1.807, 2.05) is 12.1 Å². The number of carbonyl (C=O) groups excluding carboxylic acids is 1. The van der Waals surface area contributed by atoms with E-state index in [9.17, 15) is 4.79 Å². The Hall–Kier alpha value is -1.50. The fraction of sp³-hybridized carbons (Fsp3) is 0.611. The Kier molecular flexibility index (Phi) is 6.04. The molecule has 138 valence electrons. The maximum atomic E-state index is 12.7. The van der Waals surface area contributed by atoms with E-state index < -0.39 is 5.41 Å². The summed E-state index contributed by atoms with van der Waals surface area (Å²) in [6.07, 6.45) is 2.27. The number of benzene rings is 1. The number of rotatable bonds is 6. The van der Waals surface area contributed by atoms with Crippen molar-refractivity contribution in [2.45, 2.75) is 19.3 Å². The molecule has 2 N–H and O–H groups in total. The highest BCUT2D eigenvalue weighted by Crippen LogP contribution is 2.38. The van der Waals surface area contributed by atoms with Gasteiger partial charge in [-0.2, -0.15) is 0 Å². The van der Waals surface area contributed by atoms with Crippen LogP contribution in [0.5, 0.6) is 11.5 Å². The highest BCUT2D eigenvalue weighted by molar-refractivity contribution is 6.32. The van der Waals surface area contributed by atoms with Crippen molar-refractivity contribution in [3.8, 4) is 11.5 Å². The van der Waals surface area contributed by atoms with E-state index in [-0.39, 0.29) is 5.91 Å². The van der Waals surface area contributed by atoms with Crippen LogP contribution < -0.4 is 20.1 Å². The predicted octanol–water partition coefficient (Wildman–Crippen LogP) is 1.79. The van der Waals surface area contributed by atoms with E-state index in [0.717, 1.165) is 31.5 Å². The Labute approximate surface area is 153 Å². The molecule has 6 nitrogen and oxygen atoms in total. The van der Waals surface area contributed by atoms with E-state index in [0.29, 0.717) is 49.3 Å². The maximum Gasteiger partial charge on any atom is 0.228 e. The Morgan fingerprint density at radius 1 is 1.32 bits per heavy atom. The first kappa shape index (κ1) is 18.3. The summed E-state index contributed by atoms with van der Waals surface area (Å²) in [4.78, 5) is 12.7. The van der Waals surface area contributed by atoms with Crippen molar-refractivity contribution in [2.24, 2.45) is 5.41 Å². The zero-order valence-corrected chi connectivity index (χ0v) is 15.3. The van der Waals surface area contributed by atoms with Gasteiger partial charge in [0.25, 0.3) is 0 Å². The summed E-state index contributed by atoms with van der Waals surface area (Å²) >= 11 is 6.26. The molecule has 1 aromatic carbocycles. The lowest BCUT2D eigenvalue weighted by Gasteiger charge is -2.35. The second-order valence-corrected chi connectivity index (χ2v) is 6.98. The van der Waals surface area contributed by atoms with Crippen molar-refractivity contribution in [1.29, 1.82) is 0 Å². The Morgan fingerprint density at radius 2 is 2.08 bits per heavy atom. The quantitative estimate of drug-likeness (QED) is 0.801. The van der Waals surface area contributed by atoms with E-state index in [2.05, 4.69) is 10.6 Å². The van der Waals surface area contributed by atoms with Gasteiger partial charge in [0.05, 0.1) is 17.0 Å². The molecule has 1 amide bonds. The molecule has 0 bridgehead atoms. The van der Waals surface area contributed by atoms with Gasteiger partial charge >= 0.3 is 0 Å². The fourth-order valence-corrected chi connectivity index (χ4v) is 3.72. The van der Waals surface area contributed by atoms with Crippen molar-refractivity contribution < 1.29 is 19.0 Å². The van der Waals surface area contributed by atoms with Crippen LogP contribution in [0.1, 0.15) is 18.4 Å². The van der Waals surface area contributed by atoms with Crippen molar-refractivity contribution in [2.75, 3.05) is 46.6 Å². The highest BCUT2D eigenvalue weighted by atomic mass is 35.5. The van der Waals surface area contributed by atoms with Gasteiger partial charge in [0.2, 0.25) is 5.91 Å². The largest absolute Gasteiger partial charge is 0.486 e. The molecule has 0 atom stereocenters. The van der Waals surface area contributed by atoms with Crippen LogP contribution in [0.2, 0.25) is 5.02 Å². The van der Waals surface area contributed by atoms with E-state index >= 15 is 0 Å². The van der Waals surface area contributed by atoms with Crippen LogP contribution in [0.4, 0.5) is 0 Å². The van der Waals surface area contributed by atoms with Crippen molar-refractivity contribution in [1.82, 2.24) is 10.6 Å². The lowest BCUT2D eigenvalue weighted by molar-refractivity contribution is -0.136. The van der Waals surface area contributed by atoms with Crippen molar-refractivity contribution in [3.05, 3.63) is 22.7 Å². The van der Waals surface area contributed by atoms with Gasteiger partial charge in [-0.1, -0.05) is 11.6 Å². The third-order valence-electron chi connectivity index (χ3n) is 4.82. The van der Waals surface area contributed by atoms with Crippen LogP contribution in [-0.2, 0) is 16.0 Å². The van der Waals surface area contributed by atoms with Gasteiger partial charge in [0.15, 0.2) is 11.5 Å². The van der Waals surface area contributed by atoms with Crippen LogP contribution in [-0.4, -0.2) is 52.5 Å². The number of carbonyl (C=O) groups is 1.